The van der Waals surface area contributed by atoms with E-state index in [1.165, 1.54) is 16.7 Å². The van der Waals surface area contributed by atoms with Gasteiger partial charge in [-0.3, -0.25) is 4.99 Å². The number of ether oxygens (including phenoxy) is 1. The molecule has 6 heteroatoms. The highest BCUT2D eigenvalue weighted by Crippen LogP contribution is 2.10. The molecular weight excluding hydrogens is 350 g/mol. The van der Waals surface area contributed by atoms with Gasteiger partial charge < -0.3 is 19.9 Å². The van der Waals surface area contributed by atoms with Gasteiger partial charge in [-0.05, 0) is 30.2 Å². The summed E-state index contributed by atoms with van der Waals surface area (Å²) in [6.45, 7) is 4.86. The van der Waals surface area contributed by atoms with Crippen LogP contribution in [0.3, 0.4) is 0 Å². The van der Waals surface area contributed by atoms with Crippen LogP contribution in [0.5, 0.6) is 5.75 Å². The van der Waals surface area contributed by atoms with Crippen molar-refractivity contribution in [2.75, 3.05) is 20.2 Å². The molecule has 0 saturated heterocycles. The van der Waals surface area contributed by atoms with E-state index in [1.807, 2.05) is 36.8 Å². The number of rotatable bonds is 8. The minimum absolute atomic E-state index is 0.576. The Morgan fingerprint density at radius 2 is 1.79 bits per heavy atom. The maximum Gasteiger partial charge on any atom is 0.191 e. The fourth-order valence-corrected chi connectivity index (χ4v) is 2.73. The molecule has 0 radical (unpaired) electrons. The average Bonchev–Trinajstić information content (AvgIpc) is 3.23. The predicted octanol–water partition coefficient (Wildman–Crippen LogP) is 2.98. The molecule has 0 amide bonds. The highest BCUT2D eigenvalue weighted by molar-refractivity contribution is 5.79. The van der Waals surface area contributed by atoms with Gasteiger partial charge in [0, 0.05) is 32.5 Å². The van der Waals surface area contributed by atoms with E-state index in [-0.39, 0.29) is 0 Å². The average molecular weight is 377 g/mol. The topological polar surface area (TPSA) is 63.5 Å². The van der Waals surface area contributed by atoms with Gasteiger partial charge in [0.25, 0.3) is 0 Å². The fourth-order valence-electron chi connectivity index (χ4n) is 2.73. The first kappa shape index (κ1) is 19.5. The van der Waals surface area contributed by atoms with Crippen LogP contribution in [-0.2, 0) is 13.1 Å². The van der Waals surface area contributed by atoms with Gasteiger partial charge in [-0.15, -0.1) is 0 Å². The summed E-state index contributed by atoms with van der Waals surface area (Å²) in [7, 11) is 1.77. The lowest BCUT2D eigenvalue weighted by Gasteiger charge is -2.13. The van der Waals surface area contributed by atoms with Gasteiger partial charge >= 0.3 is 0 Å². The number of nitrogens with zero attached hydrogens (tertiary/aromatic N) is 3. The van der Waals surface area contributed by atoms with Crippen LogP contribution in [0.4, 0.5) is 0 Å². The maximum atomic E-state index is 5.72. The van der Waals surface area contributed by atoms with Crippen molar-refractivity contribution in [1.29, 1.82) is 0 Å². The van der Waals surface area contributed by atoms with E-state index in [0.29, 0.717) is 19.7 Å². The van der Waals surface area contributed by atoms with Gasteiger partial charge in [-0.2, -0.15) is 0 Å². The molecule has 1 heterocycles. The van der Waals surface area contributed by atoms with Gasteiger partial charge in [-0.25, -0.2) is 4.98 Å². The van der Waals surface area contributed by atoms with Crippen molar-refractivity contribution in [3.8, 4) is 5.75 Å². The number of nitrogens with one attached hydrogen (secondary N) is 2. The van der Waals surface area contributed by atoms with Crippen LogP contribution in [0.2, 0.25) is 0 Å². The fraction of sp³-hybridized carbons (Fsp3) is 0.273. The van der Waals surface area contributed by atoms with Crippen LogP contribution in [0.15, 0.2) is 72.2 Å². The third-order valence-electron chi connectivity index (χ3n) is 4.32. The lowest BCUT2D eigenvalue weighted by Crippen LogP contribution is -2.38. The number of benzene rings is 2. The zero-order chi connectivity index (χ0) is 19.6. The Kier molecular flexibility index (Phi) is 7.07. The normalized spacial score (nSPS) is 11.3. The van der Waals surface area contributed by atoms with E-state index >= 15 is 0 Å². The molecule has 0 bridgehead atoms. The summed E-state index contributed by atoms with van der Waals surface area (Å²) in [4.78, 5) is 8.32. The smallest absolute Gasteiger partial charge is 0.191 e. The Balaban J connectivity index is 1.38. The zero-order valence-corrected chi connectivity index (χ0v) is 16.4. The first-order valence-corrected chi connectivity index (χ1v) is 9.40. The molecule has 0 aliphatic heterocycles. The standard InChI is InChI=1S/C22H27N5O/c1-18-3-9-21(10-4-18)28-14-12-25-22(23-2)26-15-19-5-7-20(8-6-19)16-27-13-11-24-17-27/h3-11,13,17H,12,14-16H2,1-2H3,(H2,23,25,26). The van der Waals surface area contributed by atoms with Crippen molar-refractivity contribution < 1.29 is 4.74 Å². The second-order valence-corrected chi connectivity index (χ2v) is 6.57. The van der Waals surface area contributed by atoms with Gasteiger partial charge in [-0.1, -0.05) is 42.0 Å². The minimum atomic E-state index is 0.576. The van der Waals surface area contributed by atoms with Crippen LogP contribution in [0.1, 0.15) is 16.7 Å². The summed E-state index contributed by atoms with van der Waals surface area (Å²) in [5.74, 6) is 1.64. The first-order valence-electron chi connectivity index (χ1n) is 9.40. The number of guanidine groups is 1. The largest absolute Gasteiger partial charge is 0.492 e. The Labute approximate surface area is 166 Å². The second-order valence-electron chi connectivity index (χ2n) is 6.57. The molecule has 0 fully saturated rings. The molecule has 2 aromatic carbocycles. The molecule has 0 aliphatic rings. The summed E-state index contributed by atoms with van der Waals surface area (Å²) in [6.07, 6.45) is 5.59. The monoisotopic (exact) mass is 377 g/mol. The second kappa shape index (κ2) is 10.2. The van der Waals surface area contributed by atoms with Crippen molar-refractivity contribution in [2.24, 2.45) is 4.99 Å². The minimum Gasteiger partial charge on any atom is -0.492 e. The first-order chi connectivity index (χ1) is 13.7. The van der Waals surface area contributed by atoms with Crippen molar-refractivity contribution >= 4 is 5.96 Å². The maximum absolute atomic E-state index is 5.72. The Morgan fingerprint density at radius 1 is 1.04 bits per heavy atom. The SMILES string of the molecule is CN=C(NCCOc1ccc(C)cc1)NCc1ccc(Cn2ccnc2)cc1. The third-order valence-corrected chi connectivity index (χ3v) is 4.32. The summed E-state index contributed by atoms with van der Waals surface area (Å²) in [5, 5.41) is 6.59. The lowest BCUT2D eigenvalue weighted by atomic mass is 10.1. The van der Waals surface area contributed by atoms with Gasteiger partial charge in [0.1, 0.15) is 12.4 Å². The molecule has 3 rings (SSSR count). The molecule has 3 aromatic rings. The summed E-state index contributed by atoms with van der Waals surface area (Å²) < 4.78 is 7.78. The van der Waals surface area contributed by atoms with Gasteiger partial charge in [0.05, 0.1) is 12.9 Å². The molecule has 28 heavy (non-hydrogen) atoms. The van der Waals surface area contributed by atoms with Crippen molar-refractivity contribution in [3.63, 3.8) is 0 Å². The number of hydrogen-bond acceptors (Lipinski definition) is 3. The molecule has 0 saturated carbocycles. The highest BCUT2D eigenvalue weighted by atomic mass is 16.5. The molecule has 0 unspecified atom stereocenters. The molecule has 0 aliphatic carbocycles. The Hall–Kier alpha value is -3.28. The van der Waals surface area contributed by atoms with E-state index in [4.69, 9.17) is 4.74 Å². The number of imidazole rings is 1. The quantitative estimate of drug-likeness (QED) is 0.360. The summed E-state index contributed by atoms with van der Waals surface area (Å²) >= 11 is 0. The summed E-state index contributed by atoms with van der Waals surface area (Å²) in [6, 6.07) is 16.6. The van der Waals surface area contributed by atoms with Crippen LogP contribution in [-0.4, -0.2) is 35.7 Å². The van der Waals surface area contributed by atoms with Crippen molar-refractivity contribution in [3.05, 3.63) is 83.9 Å². The van der Waals surface area contributed by atoms with Crippen LogP contribution in [0, 0.1) is 6.92 Å². The number of hydrogen-bond donors (Lipinski definition) is 2. The molecule has 6 nitrogen and oxygen atoms in total. The molecular formula is C22H27N5O. The van der Waals surface area contributed by atoms with E-state index < -0.39 is 0 Å². The molecule has 146 valence electrons. The van der Waals surface area contributed by atoms with Gasteiger partial charge in [0.2, 0.25) is 0 Å². The van der Waals surface area contributed by atoms with Crippen LogP contribution in [0.25, 0.3) is 0 Å². The van der Waals surface area contributed by atoms with Crippen molar-refractivity contribution in [2.45, 2.75) is 20.0 Å². The van der Waals surface area contributed by atoms with E-state index in [2.05, 4.69) is 56.4 Å². The predicted molar refractivity (Wildman–Crippen MR) is 113 cm³/mol. The number of aliphatic imine (C=N–C) groups is 1. The van der Waals surface area contributed by atoms with Gasteiger partial charge in [0.15, 0.2) is 5.96 Å². The van der Waals surface area contributed by atoms with Crippen LogP contribution < -0.4 is 15.4 Å². The Bertz CT molecular complexity index is 855. The van der Waals surface area contributed by atoms with E-state index in [9.17, 15) is 0 Å². The molecule has 2 N–H and O–H groups in total. The van der Waals surface area contributed by atoms with Crippen molar-refractivity contribution in [1.82, 2.24) is 20.2 Å². The van der Waals surface area contributed by atoms with E-state index in [1.54, 1.807) is 13.2 Å². The zero-order valence-electron chi connectivity index (χ0n) is 16.4. The van der Waals surface area contributed by atoms with Crippen LogP contribution >= 0.6 is 0 Å². The molecule has 1 aromatic heterocycles. The highest BCUT2D eigenvalue weighted by Gasteiger charge is 2.00. The number of aromatic nitrogens is 2. The lowest BCUT2D eigenvalue weighted by molar-refractivity contribution is 0.322. The molecule has 0 spiro atoms. The van der Waals surface area contributed by atoms with E-state index in [0.717, 1.165) is 18.3 Å². The summed E-state index contributed by atoms with van der Waals surface area (Å²) in [5.41, 5.74) is 3.68. The Morgan fingerprint density at radius 3 is 2.46 bits per heavy atom. The molecule has 0 atom stereocenters. The third kappa shape index (κ3) is 6.16. The number of aryl methyl sites for hydroxylation is 1.